The van der Waals surface area contributed by atoms with Gasteiger partial charge in [-0.3, -0.25) is 14.7 Å². The Morgan fingerprint density at radius 3 is 2.61 bits per heavy atom. The molecule has 5 heteroatoms. The van der Waals surface area contributed by atoms with E-state index < -0.39 is 0 Å². The van der Waals surface area contributed by atoms with E-state index in [1.54, 1.807) is 22.4 Å². The number of para-hydroxylation sites is 1. The molecular weight excluding hydrogens is 402 g/mol. The first-order valence-corrected chi connectivity index (χ1v) is 11.4. The minimum absolute atomic E-state index is 0.0303. The fourth-order valence-corrected chi connectivity index (χ4v) is 4.78. The van der Waals surface area contributed by atoms with Crippen molar-refractivity contribution >= 4 is 32.6 Å². The average molecular weight is 430 g/mol. The molecule has 4 nitrogen and oxygen atoms in total. The van der Waals surface area contributed by atoms with Crippen molar-refractivity contribution in [1.82, 2.24) is 9.97 Å². The Morgan fingerprint density at radius 2 is 1.90 bits per heavy atom. The third kappa shape index (κ3) is 4.67. The van der Waals surface area contributed by atoms with Gasteiger partial charge in [0.05, 0.1) is 28.9 Å². The van der Waals surface area contributed by atoms with Gasteiger partial charge in [-0.15, -0.1) is 0 Å². The van der Waals surface area contributed by atoms with E-state index >= 15 is 0 Å². The summed E-state index contributed by atoms with van der Waals surface area (Å²) in [5.74, 6) is 0.400. The molecule has 1 amide bonds. The zero-order valence-electron chi connectivity index (χ0n) is 18.4. The number of nitrogens with zero attached hydrogens (tertiary/aromatic N) is 3. The highest BCUT2D eigenvalue weighted by Gasteiger charge is 2.22. The van der Waals surface area contributed by atoms with Gasteiger partial charge in [0.25, 0.3) is 0 Å². The largest absolute Gasteiger partial charge is 0.282 e. The Kier molecular flexibility index (Phi) is 6.14. The zero-order chi connectivity index (χ0) is 22.0. The molecule has 4 rings (SSSR count). The van der Waals surface area contributed by atoms with Crippen molar-refractivity contribution in [2.45, 2.75) is 46.6 Å². The molecule has 0 aliphatic heterocycles. The maximum atomic E-state index is 13.5. The molecule has 31 heavy (non-hydrogen) atoms. The van der Waals surface area contributed by atoms with E-state index in [1.165, 1.54) is 11.1 Å². The van der Waals surface area contributed by atoms with Crippen LogP contribution in [-0.2, 0) is 17.8 Å². The second-order valence-electron chi connectivity index (χ2n) is 8.25. The Bertz CT molecular complexity index is 1210. The monoisotopic (exact) mass is 429 g/mol. The van der Waals surface area contributed by atoms with Crippen LogP contribution in [0.4, 0.5) is 5.13 Å². The molecule has 2 aromatic heterocycles. The van der Waals surface area contributed by atoms with Crippen LogP contribution in [0.3, 0.4) is 0 Å². The highest BCUT2D eigenvalue weighted by molar-refractivity contribution is 7.22. The molecule has 2 aromatic carbocycles. The fraction of sp³-hybridized carbons (Fsp3) is 0.269. The molecule has 0 bridgehead atoms. The SMILES string of the molecule is Cc1ccc(CC(=O)N(Cc2ccccn2)c2nc3c(C(C)C)cccc3s2)c(C)c1. The summed E-state index contributed by atoms with van der Waals surface area (Å²) in [6.45, 7) is 8.88. The number of rotatable bonds is 6. The number of hydrogen-bond donors (Lipinski definition) is 0. The van der Waals surface area contributed by atoms with Crippen LogP contribution in [0.1, 0.15) is 47.7 Å². The van der Waals surface area contributed by atoms with Gasteiger partial charge in [0, 0.05) is 6.20 Å². The number of aryl methyl sites for hydroxylation is 2. The third-order valence-electron chi connectivity index (χ3n) is 5.48. The number of anilines is 1. The minimum atomic E-state index is 0.0303. The number of hydrogen-bond acceptors (Lipinski definition) is 4. The standard InChI is InChI=1S/C26H27N3OS/c1-17(2)22-9-7-10-23-25(22)28-26(31-23)29(16-21-8-5-6-13-27-21)24(30)15-20-12-11-18(3)14-19(20)4/h5-14,17H,15-16H2,1-4H3. The van der Waals surface area contributed by atoms with Gasteiger partial charge >= 0.3 is 0 Å². The van der Waals surface area contributed by atoms with E-state index in [9.17, 15) is 4.79 Å². The van der Waals surface area contributed by atoms with Gasteiger partial charge in [-0.2, -0.15) is 0 Å². The molecule has 0 N–H and O–H groups in total. The second-order valence-corrected chi connectivity index (χ2v) is 9.26. The summed E-state index contributed by atoms with van der Waals surface area (Å²) < 4.78 is 1.10. The maximum absolute atomic E-state index is 13.5. The first kappa shape index (κ1) is 21.2. The van der Waals surface area contributed by atoms with Crippen molar-refractivity contribution in [1.29, 1.82) is 0 Å². The van der Waals surface area contributed by atoms with Crippen LogP contribution in [0, 0.1) is 13.8 Å². The van der Waals surface area contributed by atoms with Gasteiger partial charge in [-0.1, -0.05) is 67.1 Å². The minimum Gasteiger partial charge on any atom is -0.282 e. The molecule has 0 aliphatic rings. The van der Waals surface area contributed by atoms with Gasteiger partial charge in [0.1, 0.15) is 0 Å². The number of pyridine rings is 1. The Labute approximate surface area is 187 Å². The molecule has 4 aromatic rings. The second kappa shape index (κ2) is 8.98. The van der Waals surface area contributed by atoms with E-state index in [0.29, 0.717) is 18.9 Å². The number of amides is 1. The van der Waals surface area contributed by atoms with Crippen LogP contribution in [-0.4, -0.2) is 15.9 Å². The Hall–Kier alpha value is -3.05. The van der Waals surface area contributed by atoms with Crippen LogP contribution in [0.5, 0.6) is 0 Å². The molecule has 0 fully saturated rings. The van der Waals surface area contributed by atoms with Crippen molar-refractivity contribution < 1.29 is 4.79 Å². The highest BCUT2D eigenvalue weighted by atomic mass is 32.1. The zero-order valence-corrected chi connectivity index (χ0v) is 19.2. The van der Waals surface area contributed by atoms with Crippen molar-refractivity contribution in [3.63, 3.8) is 0 Å². The van der Waals surface area contributed by atoms with E-state index in [1.807, 2.05) is 18.2 Å². The molecule has 0 spiro atoms. The lowest BCUT2D eigenvalue weighted by atomic mass is 10.0. The molecule has 0 atom stereocenters. The fourth-order valence-electron chi connectivity index (χ4n) is 3.76. The predicted molar refractivity (Wildman–Crippen MR) is 129 cm³/mol. The summed E-state index contributed by atoms with van der Waals surface area (Å²) in [4.78, 5) is 24.7. The van der Waals surface area contributed by atoms with Gasteiger partial charge < -0.3 is 0 Å². The Balaban J connectivity index is 1.73. The summed E-state index contributed by atoms with van der Waals surface area (Å²) in [5, 5.41) is 0.725. The quantitative estimate of drug-likeness (QED) is 0.366. The number of aromatic nitrogens is 2. The molecule has 0 saturated heterocycles. The van der Waals surface area contributed by atoms with E-state index in [-0.39, 0.29) is 5.91 Å². The van der Waals surface area contributed by atoms with E-state index in [2.05, 4.69) is 69.1 Å². The summed E-state index contributed by atoms with van der Waals surface area (Å²) in [6, 6.07) is 18.3. The molecule has 0 aliphatic carbocycles. The lowest BCUT2D eigenvalue weighted by Gasteiger charge is -2.20. The first-order chi connectivity index (χ1) is 14.9. The van der Waals surface area contributed by atoms with E-state index in [4.69, 9.17) is 4.98 Å². The lowest BCUT2D eigenvalue weighted by molar-refractivity contribution is -0.118. The normalized spacial score (nSPS) is 11.3. The highest BCUT2D eigenvalue weighted by Crippen LogP contribution is 2.34. The van der Waals surface area contributed by atoms with Gasteiger partial charge in [-0.05, 0) is 54.7 Å². The molecular formula is C26H27N3OS. The topological polar surface area (TPSA) is 46.1 Å². The molecule has 0 unspecified atom stereocenters. The number of carbonyl (C=O) groups excluding carboxylic acids is 1. The van der Waals surface area contributed by atoms with Crippen molar-refractivity contribution in [2.75, 3.05) is 4.90 Å². The van der Waals surface area contributed by atoms with Gasteiger partial charge in [0.2, 0.25) is 5.91 Å². The van der Waals surface area contributed by atoms with Crippen LogP contribution in [0.25, 0.3) is 10.2 Å². The summed E-state index contributed by atoms with van der Waals surface area (Å²) in [5.41, 5.74) is 6.43. The molecule has 158 valence electrons. The predicted octanol–water partition coefficient (Wildman–Crippen LogP) is 6.21. The van der Waals surface area contributed by atoms with E-state index in [0.717, 1.165) is 32.2 Å². The maximum Gasteiger partial charge on any atom is 0.233 e. The molecule has 0 saturated carbocycles. The number of thiazole rings is 1. The van der Waals surface area contributed by atoms with Crippen LogP contribution in [0.2, 0.25) is 0 Å². The Morgan fingerprint density at radius 1 is 1.06 bits per heavy atom. The van der Waals surface area contributed by atoms with Crippen molar-refractivity contribution in [3.8, 4) is 0 Å². The van der Waals surface area contributed by atoms with Crippen LogP contribution < -0.4 is 4.90 Å². The summed E-state index contributed by atoms with van der Waals surface area (Å²) >= 11 is 1.57. The summed E-state index contributed by atoms with van der Waals surface area (Å²) in [7, 11) is 0. The number of benzene rings is 2. The number of carbonyl (C=O) groups is 1. The molecule has 0 radical (unpaired) electrons. The first-order valence-electron chi connectivity index (χ1n) is 10.6. The van der Waals surface area contributed by atoms with Gasteiger partial charge in [-0.25, -0.2) is 4.98 Å². The van der Waals surface area contributed by atoms with Crippen LogP contribution >= 0.6 is 11.3 Å². The average Bonchev–Trinajstić information content (AvgIpc) is 3.18. The van der Waals surface area contributed by atoms with Crippen LogP contribution in [0.15, 0.2) is 60.8 Å². The number of fused-ring (bicyclic) bond motifs is 1. The van der Waals surface area contributed by atoms with Gasteiger partial charge in [0.15, 0.2) is 5.13 Å². The lowest BCUT2D eigenvalue weighted by Crippen LogP contribution is -2.32. The summed E-state index contributed by atoms with van der Waals surface area (Å²) in [6.07, 6.45) is 2.10. The third-order valence-corrected chi connectivity index (χ3v) is 6.52. The van der Waals surface area contributed by atoms with Crippen molar-refractivity contribution in [2.24, 2.45) is 0 Å². The molecule has 2 heterocycles. The van der Waals surface area contributed by atoms with Crippen molar-refractivity contribution in [3.05, 3.63) is 88.7 Å². The smallest absolute Gasteiger partial charge is 0.233 e.